The van der Waals surface area contributed by atoms with Crippen LogP contribution in [0.4, 0.5) is 0 Å². The maximum Gasteiger partial charge on any atom is 0.253 e. The van der Waals surface area contributed by atoms with Gasteiger partial charge in [-0.15, -0.1) is 0 Å². The summed E-state index contributed by atoms with van der Waals surface area (Å²) in [4.78, 5) is 33.6. The summed E-state index contributed by atoms with van der Waals surface area (Å²) >= 11 is 1.11. The molecule has 1 heterocycles. The molecule has 0 bridgehead atoms. The van der Waals surface area contributed by atoms with Gasteiger partial charge in [0.15, 0.2) is 5.12 Å². The Balaban J connectivity index is 2.34. The third kappa shape index (κ3) is 2.69. The van der Waals surface area contributed by atoms with Crippen LogP contribution in [0.15, 0.2) is 12.2 Å². The fourth-order valence-electron chi connectivity index (χ4n) is 0.932. The summed E-state index contributed by atoms with van der Waals surface area (Å²) < 4.78 is 0. The first-order valence-electron chi connectivity index (χ1n) is 3.78. The topological polar surface area (TPSA) is 54.5 Å². The van der Waals surface area contributed by atoms with Crippen molar-refractivity contribution in [3.05, 3.63) is 12.2 Å². The molecule has 70 valence electrons. The molecule has 5 heteroatoms. The standard InChI is InChI=1S/C8H9NO3S/c1-6(10)13-5-4-9-7(11)2-3-8(9)12/h2-3H,4-5H2,1H3. The van der Waals surface area contributed by atoms with Crippen molar-refractivity contribution in [2.45, 2.75) is 6.92 Å². The molecular formula is C8H9NO3S. The van der Waals surface area contributed by atoms with Gasteiger partial charge in [-0.2, -0.15) is 0 Å². The van der Waals surface area contributed by atoms with Crippen LogP contribution < -0.4 is 0 Å². The van der Waals surface area contributed by atoms with E-state index in [1.165, 1.54) is 19.1 Å². The minimum Gasteiger partial charge on any atom is -0.288 e. The number of hydrogen-bond donors (Lipinski definition) is 0. The molecule has 13 heavy (non-hydrogen) atoms. The van der Waals surface area contributed by atoms with E-state index in [0.717, 1.165) is 16.7 Å². The monoisotopic (exact) mass is 199 g/mol. The van der Waals surface area contributed by atoms with Crippen LogP contribution in [0.25, 0.3) is 0 Å². The Morgan fingerprint density at radius 3 is 2.38 bits per heavy atom. The Hall–Kier alpha value is -1.10. The average molecular weight is 199 g/mol. The lowest BCUT2D eigenvalue weighted by molar-refractivity contribution is -0.136. The maximum absolute atomic E-state index is 11.0. The molecule has 0 spiro atoms. The second-order valence-corrected chi connectivity index (χ2v) is 3.77. The van der Waals surface area contributed by atoms with Gasteiger partial charge in [-0.05, 0) is 0 Å². The Morgan fingerprint density at radius 1 is 1.38 bits per heavy atom. The van der Waals surface area contributed by atoms with Crippen LogP contribution in [0.1, 0.15) is 6.92 Å². The van der Waals surface area contributed by atoms with Gasteiger partial charge in [0.2, 0.25) is 0 Å². The van der Waals surface area contributed by atoms with E-state index in [1.807, 2.05) is 0 Å². The molecule has 2 amide bonds. The molecule has 0 aliphatic carbocycles. The van der Waals surface area contributed by atoms with Crippen molar-refractivity contribution in [1.29, 1.82) is 0 Å². The normalized spacial score (nSPS) is 15.6. The number of carbonyl (C=O) groups is 3. The molecule has 0 aromatic carbocycles. The van der Waals surface area contributed by atoms with Gasteiger partial charge >= 0.3 is 0 Å². The lowest BCUT2D eigenvalue weighted by Gasteiger charge is -2.11. The summed E-state index contributed by atoms with van der Waals surface area (Å²) in [5.74, 6) is -0.127. The zero-order valence-electron chi connectivity index (χ0n) is 7.15. The van der Waals surface area contributed by atoms with Gasteiger partial charge in [-0.3, -0.25) is 19.3 Å². The van der Waals surface area contributed by atoms with Crippen LogP contribution in [0, 0.1) is 0 Å². The highest BCUT2D eigenvalue weighted by molar-refractivity contribution is 8.13. The Bertz CT molecular complexity index is 267. The van der Waals surface area contributed by atoms with Crippen molar-refractivity contribution in [2.75, 3.05) is 12.3 Å². The van der Waals surface area contributed by atoms with Crippen LogP contribution in [0.3, 0.4) is 0 Å². The van der Waals surface area contributed by atoms with E-state index in [0.29, 0.717) is 12.3 Å². The maximum atomic E-state index is 11.0. The lowest BCUT2D eigenvalue weighted by Crippen LogP contribution is -2.32. The predicted molar refractivity (Wildman–Crippen MR) is 49.0 cm³/mol. The van der Waals surface area contributed by atoms with Crippen LogP contribution in [0.2, 0.25) is 0 Å². The van der Waals surface area contributed by atoms with Crippen molar-refractivity contribution >= 4 is 28.7 Å². The summed E-state index contributed by atoms with van der Waals surface area (Å²) in [7, 11) is 0. The Morgan fingerprint density at radius 2 is 1.92 bits per heavy atom. The van der Waals surface area contributed by atoms with Crippen LogP contribution >= 0.6 is 11.8 Å². The third-order valence-electron chi connectivity index (χ3n) is 1.52. The van der Waals surface area contributed by atoms with Gasteiger partial charge in [0.05, 0.1) is 0 Å². The van der Waals surface area contributed by atoms with Gasteiger partial charge < -0.3 is 0 Å². The smallest absolute Gasteiger partial charge is 0.253 e. The summed E-state index contributed by atoms with van der Waals surface area (Å²) in [5, 5.41) is -0.00736. The predicted octanol–water partition coefficient (Wildman–Crippen LogP) is 0.191. The molecule has 0 radical (unpaired) electrons. The van der Waals surface area contributed by atoms with Crippen LogP contribution in [-0.2, 0) is 14.4 Å². The molecular weight excluding hydrogens is 190 g/mol. The van der Waals surface area contributed by atoms with E-state index in [1.54, 1.807) is 0 Å². The van der Waals surface area contributed by atoms with Gasteiger partial charge in [0.1, 0.15) is 0 Å². The third-order valence-corrected chi connectivity index (χ3v) is 2.31. The molecule has 0 aromatic rings. The number of nitrogens with zero attached hydrogens (tertiary/aromatic N) is 1. The summed E-state index contributed by atoms with van der Waals surface area (Å²) in [6.45, 7) is 1.76. The van der Waals surface area contributed by atoms with Gasteiger partial charge in [-0.25, -0.2) is 0 Å². The van der Waals surface area contributed by atoms with E-state index in [9.17, 15) is 14.4 Å². The quantitative estimate of drug-likeness (QED) is 0.609. The number of hydrogen-bond acceptors (Lipinski definition) is 4. The van der Waals surface area contributed by atoms with Crippen molar-refractivity contribution in [1.82, 2.24) is 4.90 Å². The van der Waals surface area contributed by atoms with E-state index >= 15 is 0 Å². The molecule has 4 nitrogen and oxygen atoms in total. The lowest BCUT2D eigenvalue weighted by atomic mass is 10.5. The molecule has 0 atom stereocenters. The highest BCUT2D eigenvalue weighted by atomic mass is 32.2. The van der Waals surface area contributed by atoms with Crippen LogP contribution in [0.5, 0.6) is 0 Å². The molecule has 0 aromatic heterocycles. The molecule has 1 aliphatic rings. The number of carbonyl (C=O) groups excluding carboxylic acids is 3. The Kier molecular flexibility index (Phi) is 3.25. The number of imide groups is 1. The summed E-state index contributed by atoms with van der Waals surface area (Å²) in [6, 6.07) is 0. The van der Waals surface area contributed by atoms with Gasteiger partial charge in [0.25, 0.3) is 11.8 Å². The SMILES string of the molecule is CC(=O)SCCN1C(=O)C=CC1=O. The number of thioether (sulfide) groups is 1. The zero-order valence-corrected chi connectivity index (χ0v) is 7.97. The second-order valence-electron chi connectivity index (χ2n) is 2.50. The first-order valence-corrected chi connectivity index (χ1v) is 4.76. The summed E-state index contributed by atoms with van der Waals surface area (Å²) in [6.07, 6.45) is 2.47. The fourth-order valence-corrected chi connectivity index (χ4v) is 1.49. The zero-order chi connectivity index (χ0) is 9.84. The molecule has 0 N–H and O–H groups in total. The number of amides is 2. The van der Waals surface area contributed by atoms with E-state index in [2.05, 4.69) is 0 Å². The Labute approximate surface area is 80.0 Å². The first kappa shape index (κ1) is 9.98. The number of rotatable bonds is 3. The minimum absolute atomic E-state index is 0.00736. The first-order chi connectivity index (χ1) is 6.11. The molecule has 0 fully saturated rings. The molecule has 1 rings (SSSR count). The van der Waals surface area contributed by atoms with E-state index in [-0.39, 0.29) is 16.9 Å². The highest BCUT2D eigenvalue weighted by Gasteiger charge is 2.22. The summed E-state index contributed by atoms with van der Waals surface area (Å²) in [5.41, 5.74) is 0. The van der Waals surface area contributed by atoms with Gasteiger partial charge in [0, 0.05) is 31.4 Å². The highest BCUT2D eigenvalue weighted by Crippen LogP contribution is 2.07. The average Bonchev–Trinajstić information content (AvgIpc) is 2.34. The molecule has 1 aliphatic heterocycles. The second kappa shape index (κ2) is 4.23. The molecule has 0 saturated carbocycles. The van der Waals surface area contributed by atoms with E-state index in [4.69, 9.17) is 0 Å². The van der Waals surface area contributed by atoms with Crippen molar-refractivity contribution in [2.24, 2.45) is 0 Å². The van der Waals surface area contributed by atoms with Gasteiger partial charge in [-0.1, -0.05) is 11.8 Å². The fraction of sp³-hybridized carbons (Fsp3) is 0.375. The molecule has 0 unspecified atom stereocenters. The minimum atomic E-state index is -0.297. The van der Waals surface area contributed by atoms with E-state index < -0.39 is 0 Å². The molecule has 0 saturated heterocycles. The van der Waals surface area contributed by atoms with Crippen molar-refractivity contribution < 1.29 is 14.4 Å². The van der Waals surface area contributed by atoms with Crippen LogP contribution in [-0.4, -0.2) is 34.1 Å². The van der Waals surface area contributed by atoms with Crippen molar-refractivity contribution in [3.63, 3.8) is 0 Å². The van der Waals surface area contributed by atoms with Crippen molar-refractivity contribution in [3.8, 4) is 0 Å². The largest absolute Gasteiger partial charge is 0.288 e.